The summed E-state index contributed by atoms with van der Waals surface area (Å²) in [4.78, 5) is 90.4. The minimum atomic E-state index is -4.28. The predicted molar refractivity (Wildman–Crippen MR) is 353 cm³/mol. The van der Waals surface area contributed by atoms with Crippen LogP contribution in [0.2, 0.25) is 0 Å². The monoisotopic (exact) mass is 1330 g/mol. The number of alkyl carbamates (subject to hydrolysis) is 1. The first-order valence-corrected chi connectivity index (χ1v) is 34.2. The van der Waals surface area contributed by atoms with Crippen LogP contribution in [0.15, 0.2) is 68.3 Å². The normalized spacial score (nSPS) is 16.1. The number of nitrogens with zero attached hydrogens (tertiary/aromatic N) is 2. The average molecular weight is 1330 g/mol. The standard InChI is InChI=1S/C66H91N11O14S2/c1-34(2)29-51(74-64(84)89-33-48-44-23-17-15-21-42(44)43-22-16-18-24-45(43)48)59(80)75-53(35(3)4)60(81)73-49(25-19-27-69-62(67)76-92(85,86)56-38(7)36(5)54-46(40(56)9)30-65(11,12)90-54)58(79)71-32-52(78)72-50(61(82)83)26-20-28-70-63(68)77-93(87,88)57-39(8)37(6)55-47(41(57)10)31-66(13,14)91-55/h15-18,21-24,34-35,48-51,53H,19-20,25-33H2,1-14H3,(H,71,79)(H,72,78)(H,73,81)(H,74,84)(H,75,80)(H,82,83)(H3,67,69,76)(H3,68,70,77)/t49-,50-,51-,53-/m0/s1. The van der Waals surface area contributed by atoms with Crippen molar-refractivity contribution < 1.29 is 64.9 Å². The van der Waals surface area contributed by atoms with Crippen LogP contribution in [-0.4, -0.2) is 131 Å². The highest BCUT2D eigenvalue weighted by Gasteiger charge is 2.40. The SMILES string of the molecule is Cc1c(C)c(S(=O)(=O)NC(N)=NCCC[C@H](NC(=O)CNC(=O)[C@H](CCCN=C(N)NS(=O)(=O)c2c(C)c(C)c3c(c2C)CC(C)(C)O3)NC(=O)[C@@H](NC(=O)[C@H](CC(C)C)NC(=O)OCC2c3ccccc3-c3ccccc32)C(C)C)C(=O)O)c(C)c2c1OC(C)(C)C2. The number of rotatable bonds is 27. The number of carbonyl (C=O) groups excluding carboxylic acids is 5. The molecule has 0 saturated carbocycles. The predicted octanol–water partition coefficient (Wildman–Crippen LogP) is 5.68. The van der Waals surface area contributed by atoms with E-state index in [0.29, 0.717) is 57.7 Å². The number of benzene rings is 4. The molecular formula is C66H91N11O14S2. The fourth-order valence-electron chi connectivity index (χ4n) is 12.3. The summed E-state index contributed by atoms with van der Waals surface area (Å²) in [5.74, 6) is -5.26. The zero-order valence-corrected chi connectivity index (χ0v) is 57.2. The fourth-order valence-corrected chi connectivity index (χ4v) is 15.4. The number of sulfonamides is 2. The van der Waals surface area contributed by atoms with Crippen LogP contribution in [-0.2, 0) is 61.6 Å². The maximum Gasteiger partial charge on any atom is 0.407 e. The number of nitrogens with one attached hydrogen (secondary N) is 7. The van der Waals surface area contributed by atoms with Gasteiger partial charge >= 0.3 is 12.1 Å². The minimum Gasteiger partial charge on any atom is -0.487 e. The van der Waals surface area contributed by atoms with Gasteiger partial charge in [0.1, 0.15) is 53.5 Å². The number of carboxylic acid groups (broad SMARTS) is 1. The molecule has 4 aromatic carbocycles. The largest absolute Gasteiger partial charge is 0.487 e. The van der Waals surface area contributed by atoms with E-state index in [1.54, 1.807) is 55.4 Å². The van der Waals surface area contributed by atoms with Gasteiger partial charge in [0.15, 0.2) is 0 Å². The Morgan fingerprint density at radius 2 is 1.08 bits per heavy atom. The molecule has 0 unspecified atom stereocenters. The summed E-state index contributed by atoms with van der Waals surface area (Å²) in [5, 5.41) is 23.0. The Kier molecular flexibility index (Phi) is 22.6. The number of ether oxygens (including phenoxy) is 3. The third-order valence-corrected chi connectivity index (χ3v) is 20.3. The van der Waals surface area contributed by atoms with Gasteiger partial charge in [-0.1, -0.05) is 76.2 Å². The molecule has 0 fully saturated rings. The van der Waals surface area contributed by atoms with Gasteiger partial charge in [-0.25, -0.2) is 35.9 Å². The Morgan fingerprint density at radius 3 is 1.53 bits per heavy atom. The third-order valence-electron chi connectivity index (χ3n) is 17.1. The van der Waals surface area contributed by atoms with Crippen LogP contribution in [0.3, 0.4) is 0 Å². The molecule has 5 amide bonds. The number of hydrogen-bond acceptors (Lipinski definition) is 15. The van der Waals surface area contributed by atoms with Crippen molar-refractivity contribution in [3.63, 3.8) is 0 Å². The number of hydrogen-bond donors (Lipinski definition) is 10. The molecule has 506 valence electrons. The zero-order chi connectivity index (χ0) is 68.8. The first-order valence-electron chi connectivity index (χ1n) is 31.2. The summed E-state index contributed by atoms with van der Waals surface area (Å²) in [6.45, 7) is 24.0. The summed E-state index contributed by atoms with van der Waals surface area (Å²) in [7, 11) is -8.50. The quantitative estimate of drug-likeness (QED) is 0.0195. The molecule has 93 heavy (non-hydrogen) atoms. The molecule has 25 nitrogen and oxygen atoms in total. The van der Waals surface area contributed by atoms with Gasteiger partial charge in [0.2, 0.25) is 35.5 Å². The number of carbonyl (C=O) groups is 6. The smallest absolute Gasteiger partial charge is 0.407 e. The van der Waals surface area contributed by atoms with Crippen molar-refractivity contribution in [3.05, 3.63) is 104 Å². The number of fused-ring (bicyclic) bond motifs is 5. The molecule has 0 saturated heterocycles. The third kappa shape index (κ3) is 17.2. The van der Waals surface area contributed by atoms with E-state index >= 15 is 0 Å². The molecule has 0 radical (unpaired) electrons. The number of carboxylic acids is 1. The number of aliphatic imine (C=N–C) groups is 2. The fraction of sp³-hybridized carbons (Fsp3) is 0.515. The number of guanidine groups is 2. The second-order valence-corrected chi connectivity index (χ2v) is 29.5. The van der Waals surface area contributed by atoms with Crippen molar-refractivity contribution in [2.24, 2.45) is 33.3 Å². The van der Waals surface area contributed by atoms with Gasteiger partial charge in [-0.3, -0.25) is 29.2 Å². The molecule has 27 heteroatoms. The lowest BCUT2D eigenvalue weighted by atomic mass is 9.94. The van der Waals surface area contributed by atoms with E-state index in [0.717, 1.165) is 33.4 Å². The van der Waals surface area contributed by atoms with Crippen LogP contribution in [0.25, 0.3) is 11.1 Å². The molecule has 0 aromatic heterocycles. The van der Waals surface area contributed by atoms with Gasteiger partial charge in [-0.2, -0.15) is 0 Å². The van der Waals surface area contributed by atoms with Crippen LogP contribution in [0, 0.1) is 53.4 Å². The molecule has 0 bridgehead atoms. The highest BCUT2D eigenvalue weighted by atomic mass is 32.2. The maximum absolute atomic E-state index is 14.4. The highest BCUT2D eigenvalue weighted by Crippen LogP contribution is 2.47. The Balaban J connectivity index is 1.00. The van der Waals surface area contributed by atoms with Gasteiger partial charge in [0.25, 0.3) is 20.0 Å². The van der Waals surface area contributed by atoms with Crippen LogP contribution >= 0.6 is 0 Å². The van der Waals surface area contributed by atoms with Gasteiger partial charge in [-0.05, 0) is 169 Å². The molecule has 3 aliphatic rings. The molecule has 2 aliphatic heterocycles. The van der Waals surface area contributed by atoms with E-state index in [2.05, 4.69) is 46.0 Å². The second kappa shape index (κ2) is 29.2. The van der Waals surface area contributed by atoms with Crippen molar-refractivity contribution in [2.45, 2.75) is 193 Å². The van der Waals surface area contributed by atoms with E-state index in [1.807, 2.05) is 90.1 Å². The summed E-state index contributed by atoms with van der Waals surface area (Å²) in [6.07, 6.45) is -0.0211. The first kappa shape index (κ1) is 72.0. The van der Waals surface area contributed by atoms with E-state index in [4.69, 9.17) is 25.7 Å². The van der Waals surface area contributed by atoms with Crippen molar-refractivity contribution >= 4 is 67.7 Å². The number of amides is 5. The van der Waals surface area contributed by atoms with Crippen LogP contribution in [0.5, 0.6) is 11.5 Å². The van der Waals surface area contributed by atoms with Crippen molar-refractivity contribution in [1.29, 1.82) is 0 Å². The Bertz CT molecular complexity index is 3820. The van der Waals surface area contributed by atoms with Crippen LogP contribution in [0.4, 0.5) is 4.79 Å². The van der Waals surface area contributed by atoms with E-state index in [-0.39, 0.29) is 73.4 Å². The van der Waals surface area contributed by atoms with E-state index < -0.39 is 115 Å². The first-order chi connectivity index (χ1) is 43.4. The van der Waals surface area contributed by atoms with E-state index in [9.17, 15) is 50.7 Å². The minimum absolute atomic E-state index is 0.00504. The molecule has 1 aliphatic carbocycles. The Hall–Kier alpha value is -8.46. The Labute approximate surface area is 545 Å². The molecule has 0 spiro atoms. The van der Waals surface area contributed by atoms with Crippen LogP contribution < -0.4 is 57.0 Å². The average Bonchev–Trinajstić information content (AvgIpc) is 1.69. The van der Waals surface area contributed by atoms with Gasteiger partial charge < -0.3 is 57.4 Å². The lowest BCUT2D eigenvalue weighted by molar-refractivity contribution is -0.142. The molecule has 4 atom stereocenters. The lowest BCUT2D eigenvalue weighted by Crippen LogP contribution is -2.58. The van der Waals surface area contributed by atoms with E-state index in [1.165, 1.54) is 0 Å². The second-order valence-electron chi connectivity index (χ2n) is 26.2. The number of aliphatic carboxylic acids is 1. The van der Waals surface area contributed by atoms with Gasteiger partial charge in [-0.15, -0.1) is 0 Å². The molecule has 4 aromatic rings. The summed E-state index contributed by atoms with van der Waals surface area (Å²) in [5.41, 5.74) is 20.1. The van der Waals surface area contributed by atoms with Gasteiger partial charge in [0.05, 0.1) is 16.3 Å². The van der Waals surface area contributed by atoms with Crippen molar-refractivity contribution in [2.75, 3.05) is 26.2 Å². The van der Waals surface area contributed by atoms with Crippen molar-refractivity contribution in [3.8, 4) is 22.6 Å². The van der Waals surface area contributed by atoms with Gasteiger partial charge in [0, 0.05) is 43.0 Å². The molecular weight excluding hydrogens is 1230 g/mol. The van der Waals surface area contributed by atoms with Crippen LogP contribution in [0.1, 0.15) is 149 Å². The maximum atomic E-state index is 14.4. The summed E-state index contributed by atoms with van der Waals surface area (Å²) >= 11 is 0. The summed E-state index contributed by atoms with van der Waals surface area (Å²) < 4.78 is 78.0. The highest BCUT2D eigenvalue weighted by molar-refractivity contribution is 7.90. The summed E-state index contributed by atoms with van der Waals surface area (Å²) in [6, 6.07) is 10.4. The zero-order valence-electron chi connectivity index (χ0n) is 55.6. The Morgan fingerprint density at radius 1 is 0.613 bits per heavy atom. The molecule has 7 rings (SSSR count). The molecule has 12 N–H and O–H groups in total. The molecule has 2 heterocycles. The number of nitrogens with two attached hydrogens (primary N) is 2. The topological polar surface area (TPSA) is 380 Å². The lowest BCUT2D eigenvalue weighted by Gasteiger charge is -2.28. The van der Waals surface area contributed by atoms with Crippen molar-refractivity contribution in [1.82, 2.24) is 36.0 Å².